The number of hydrogen-bond acceptors (Lipinski definition) is 15. The van der Waals surface area contributed by atoms with Crippen LogP contribution in [0.2, 0.25) is 0 Å². The standard InChI is InChI=1S/C19H32N4O15/c20-23-21-1-2-35-17-14(32)16(13(31)9(5-25)36-17)38-19(18(33)34)3-7(27)11(22-10(29)6-26)15(37-19)12(30)8(28)4-24/h7-9,11-17,24-28,30-32H,1-6H2,(H,22,29)(H,33,34)/t7-,8?,9+,11+,12?,13-,14+,15+,16-,17+,19-/m0/s1. The summed E-state index contributed by atoms with van der Waals surface area (Å²) in [5.41, 5.74) is 8.35. The Morgan fingerprint density at radius 2 is 1.87 bits per heavy atom. The second-order valence-corrected chi connectivity index (χ2v) is 8.52. The van der Waals surface area contributed by atoms with Crippen molar-refractivity contribution >= 4 is 11.9 Å². The van der Waals surface area contributed by atoms with Crippen LogP contribution in [0.3, 0.4) is 0 Å². The maximum Gasteiger partial charge on any atom is 0.364 e. The first-order valence-electron chi connectivity index (χ1n) is 11.4. The molecule has 38 heavy (non-hydrogen) atoms. The van der Waals surface area contributed by atoms with Gasteiger partial charge in [-0.1, -0.05) is 5.11 Å². The van der Waals surface area contributed by atoms with Gasteiger partial charge in [0.2, 0.25) is 5.91 Å². The molecule has 0 radical (unpaired) electrons. The van der Waals surface area contributed by atoms with E-state index in [0.717, 1.165) is 0 Å². The van der Waals surface area contributed by atoms with Gasteiger partial charge in [-0.25, -0.2) is 4.79 Å². The van der Waals surface area contributed by atoms with E-state index in [9.17, 15) is 50.4 Å². The van der Waals surface area contributed by atoms with Crippen molar-refractivity contribution in [2.24, 2.45) is 5.11 Å². The number of carboxylic acid groups (broad SMARTS) is 1. The second kappa shape index (κ2) is 14.2. The van der Waals surface area contributed by atoms with Crippen molar-refractivity contribution in [3.05, 3.63) is 10.4 Å². The van der Waals surface area contributed by atoms with Gasteiger partial charge in [0.05, 0.1) is 32.0 Å². The fourth-order valence-electron chi connectivity index (χ4n) is 4.05. The molecule has 0 aromatic rings. The normalized spacial score (nSPS) is 37.1. The summed E-state index contributed by atoms with van der Waals surface area (Å²) in [4.78, 5) is 26.6. The maximum absolute atomic E-state index is 12.4. The predicted molar refractivity (Wildman–Crippen MR) is 117 cm³/mol. The van der Waals surface area contributed by atoms with Gasteiger partial charge in [-0.3, -0.25) is 4.79 Å². The van der Waals surface area contributed by atoms with Gasteiger partial charge in [-0.15, -0.1) is 0 Å². The maximum atomic E-state index is 12.4. The number of amides is 1. The number of nitrogens with one attached hydrogen (secondary N) is 1. The Bertz CT molecular complexity index is 847. The summed E-state index contributed by atoms with van der Waals surface area (Å²) in [6.07, 6.45) is -17.7. The van der Waals surface area contributed by atoms with Gasteiger partial charge in [-0.05, 0) is 5.53 Å². The van der Waals surface area contributed by atoms with Crippen molar-refractivity contribution in [1.82, 2.24) is 5.32 Å². The zero-order valence-corrected chi connectivity index (χ0v) is 19.8. The molecule has 0 spiro atoms. The third-order valence-electron chi connectivity index (χ3n) is 5.97. The summed E-state index contributed by atoms with van der Waals surface area (Å²) in [6, 6.07) is -1.62. The molecule has 2 fully saturated rings. The third-order valence-corrected chi connectivity index (χ3v) is 5.97. The summed E-state index contributed by atoms with van der Waals surface area (Å²) in [5.74, 6) is -5.93. The summed E-state index contributed by atoms with van der Waals surface area (Å²) in [6.45, 7) is -3.41. The number of aliphatic hydroxyl groups excluding tert-OH is 8. The zero-order chi connectivity index (χ0) is 28.6. The first kappa shape index (κ1) is 32.0. The smallest absolute Gasteiger partial charge is 0.364 e. The van der Waals surface area contributed by atoms with Crippen LogP contribution >= 0.6 is 0 Å². The molecule has 0 saturated carbocycles. The monoisotopic (exact) mass is 556 g/mol. The molecule has 218 valence electrons. The van der Waals surface area contributed by atoms with Crippen LogP contribution in [0.15, 0.2) is 5.11 Å². The number of carboxylic acids is 1. The largest absolute Gasteiger partial charge is 0.477 e. The molecule has 0 aromatic carbocycles. The Labute approximate surface area is 214 Å². The van der Waals surface area contributed by atoms with Crippen LogP contribution in [0, 0.1) is 0 Å². The van der Waals surface area contributed by atoms with Gasteiger partial charge in [0.1, 0.15) is 49.3 Å². The van der Waals surface area contributed by atoms with E-state index in [0.29, 0.717) is 0 Å². The Kier molecular flexibility index (Phi) is 12.0. The number of hydrogen-bond donors (Lipinski definition) is 10. The van der Waals surface area contributed by atoms with Crippen molar-refractivity contribution in [2.75, 3.05) is 33.0 Å². The molecule has 11 atom stereocenters. The van der Waals surface area contributed by atoms with Gasteiger partial charge in [0, 0.05) is 17.9 Å². The number of ether oxygens (including phenoxy) is 4. The van der Waals surface area contributed by atoms with E-state index in [1.807, 2.05) is 0 Å². The molecule has 2 aliphatic rings. The lowest BCUT2D eigenvalue weighted by atomic mass is 9.88. The molecule has 2 heterocycles. The predicted octanol–water partition coefficient (Wildman–Crippen LogP) is -5.74. The highest BCUT2D eigenvalue weighted by Crippen LogP contribution is 2.37. The van der Waals surface area contributed by atoms with Crippen LogP contribution in [-0.4, -0.2) is 158 Å². The molecule has 0 aliphatic carbocycles. The molecular weight excluding hydrogens is 524 g/mol. The molecule has 2 rings (SSSR count). The van der Waals surface area contributed by atoms with Crippen LogP contribution < -0.4 is 5.32 Å². The van der Waals surface area contributed by atoms with E-state index < -0.39 is 105 Å². The van der Waals surface area contributed by atoms with Gasteiger partial charge in [-0.2, -0.15) is 0 Å². The summed E-state index contributed by atoms with van der Waals surface area (Å²) < 4.78 is 21.4. The van der Waals surface area contributed by atoms with Crippen molar-refractivity contribution in [2.45, 2.75) is 73.4 Å². The molecule has 19 nitrogen and oxygen atoms in total. The van der Waals surface area contributed by atoms with Crippen molar-refractivity contribution in [3.63, 3.8) is 0 Å². The second-order valence-electron chi connectivity index (χ2n) is 8.52. The lowest BCUT2D eigenvalue weighted by Gasteiger charge is -2.50. The summed E-state index contributed by atoms with van der Waals surface area (Å²) >= 11 is 0. The van der Waals surface area contributed by atoms with Crippen molar-refractivity contribution < 1.29 is 74.5 Å². The molecule has 19 heteroatoms. The number of azide groups is 1. The third kappa shape index (κ3) is 7.24. The van der Waals surface area contributed by atoms with Crippen LogP contribution in [0.5, 0.6) is 0 Å². The quantitative estimate of drug-likeness (QED) is 0.0437. The molecule has 2 saturated heterocycles. The van der Waals surface area contributed by atoms with Crippen LogP contribution in [0.25, 0.3) is 10.4 Å². The molecule has 0 aromatic heterocycles. The van der Waals surface area contributed by atoms with Gasteiger partial charge >= 0.3 is 5.97 Å². The zero-order valence-electron chi connectivity index (χ0n) is 19.8. The van der Waals surface area contributed by atoms with E-state index in [1.165, 1.54) is 0 Å². The van der Waals surface area contributed by atoms with E-state index in [-0.39, 0.29) is 13.2 Å². The lowest BCUT2D eigenvalue weighted by molar-refractivity contribution is -0.369. The van der Waals surface area contributed by atoms with E-state index in [4.69, 9.17) is 29.6 Å². The Morgan fingerprint density at radius 3 is 2.42 bits per heavy atom. The molecule has 2 unspecified atom stereocenters. The fraction of sp³-hybridized carbons (Fsp3) is 0.895. The van der Waals surface area contributed by atoms with Gasteiger partial charge in [0.15, 0.2) is 6.29 Å². The van der Waals surface area contributed by atoms with E-state index in [2.05, 4.69) is 15.3 Å². The van der Waals surface area contributed by atoms with E-state index >= 15 is 0 Å². The molecule has 1 amide bonds. The number of aliphatic hydroxyl groups is 8. The molecular formula is C19H32N4O15. The summed E-state index contributed by atoms with van der Waals surface area (Å²) in [5, 5.41) is 95.7. The van der Waals surface area contributed by atoms with Crippen molar-refractivity contribution in [3.8, 4) is 0 Å². The van der Waals surface area contributed by atoms with Crippen LogP contribution in [0.1, 0.15) is 6.42 Å². The minimum absolute atomic E-state index is 0.191. The highest BCUT2D eigenvalue weighted by molar-refractivity contribution is 5.78. The molecule has 10 N–H and O–H groups in total. The van der Waals surface area contributed by atoms with Crippen molar-refractivity contribution in [1.29, 1.82) is 0 Å². The fourth-order valence-corrected chi connectivity index (χ4v) is 4.05. The Hall–Kier alpha value is -2.23. The average Bonchev–Trinajstić information content (AvgIpc) is 2.90. The highest BCUT2D eigenvalue weighted by Gasteiger charge is 2.59. The van der Waals surface area contributed by atoms with Gasteiger partial charge in [0.25, 0.3) is 5.79 Å². The SMILES string of the molecule is [N-]=[N+]=NCCO[C@@H]1O[C@H](CO)[C@H](O)[C@H](O[C@]2(C(=O)O)C[C@H](O)[C@@H](NC(=O)CO)[C@H](C(O)C(O)CO)O2)[C@H]1O. The van der Waals surface area contributed by atoms with E-state index in [1.54, 1.807) is 0 Å². The number of carbonyl (C=O) groups excluding carboxylic acids is 1. The first-order valence-corrected chi connectivity index (χ1v) is 11.4. The number of carbonyl (C=O) groups is 2. The topological polar surface area (TPSA) is 314 Å². The van der Waals surface area contributed by atoms with Crippen LogP contribution in [0.4, 0.5) is 0 Å². The lowest BCUT2D eigenvalue weighted by Crippen LogP contribution is -2.70. The minimum atomic E-state index is -2.94. The Morgan fingerprint density at radius 1 is 1.18 bits per heavy atom. The molecule has 0 bridgehead atoms. The minimum Gasteiger partial charge on any atom is -0.477 e. The number of rotatable bonds is 13. The number of aliphatic carboxylic acids is 1. The highest BCUT2D eigenvalue weighted by atomic mass is 16.8. The Balaban J connectivity index is 2.41. The van der Waals surface area contributed by atoms with Crippen LogP contribution in [-0.2, 0) is 28.5 Å². The number of nitrogens with zero attached hydrogens (tertiary/aromatic N) is 3. The molecule has 2 aliphatic heterocycles. The average molecular weight is 556 g/mol. The first-order chi connectivity index (χ1) is 18.0. The summed E-state index contributed by atoms with van der Waals surface area (Å²) in [7, 11) is 0. The van der Waals surface area contributed by atoms with Gasteiger partial charge < -0.3 is 70.2 Å².